The smallest absolute Gasteiger partial charge is 0.276 e. The van der Waals surface area contributed by atoms with Crippen LogP contribution in [0.5, 0.6) is 0 Å². The van der Waals surface area contributed by atoms with Gasteiger partial charge in [-0.15, -0.1) is 11.3 Å². The summed E-state index contributed by atoms with van der Waals surface area (Å²) in [6, 6.07) is 14.0. The van der Waals surface area contributed by atoms with Gasteiger partial charge in [0.25, 0.3) is 5.91 Å². The molecule has 0 saturated carbocycles. The highest BCUT2D eigenvalue weighted by molar-refractivity contribution is 7.21. The summed E-state index contributed by atoms with van der Waals surface area (Å²) in [4.78, 5) is 36.9. The number of anilines is 1. The fourth-order valence-electron chi connectivity index (χ4n) is 2.54. The van der Waals surface area contributed by atoms with Gasteiger partial charge in [-0.25, -0.2) is 15.0 Å². The highest BCUT2D eigenvalue weighted by atomic mass is 32.1. The van der Waals surface area contributed by atoms with Crippen molar-refractivity contribution < 1.29 is 9.59 Å². The summed E-state index contributed by atoms with van der Waals surface area (Å²) in [6.45, 7) is 0. The number of para-hydroxylation sites is 1. The third-order valence-electron chi connectivity index (χ3n) is 3.84. The fraction of sp³-hybridized carbons (Fsp3) is 0. The lowest BCUT2D eigenvalue weighted by molar-refractivity contribution is 0.0998. The molecule has 0 aliphatic rings. The van der Waals surface area contributed by atoms with Crippen molar-refractivity contribution in [2.75, 3.05) is 5.32 Å². The highest BCUT2D eigenvalue weighted by Crippen LogP contribution is 2.30. The summed E-state index contributed by atoms with van der Waals surface area (Å²) in [5, 5.41) is 3.38. The van der Waals surface area contributed by atoms with E-state index in [4.69, 9.17) is 5.73 Å². The number of thiazole rings is 1. The normalized spacial score (nSPS) is 10.7. The molecule has 0 aliphatic carbocycles. The molecule has 0 radical (unpaired) electrons. The number of nitrogens with zero attached hydrogens (tertiary/aromatic N) is 3. The van der Waals surface area contributed by atoms with Crippen LogP contribution >= 0.6 is 11.3 Å². The molecule has 2 aromatic heterocycles. The monoisotopic (exact) mass is 375 g/mol. The van der Waals surface area contributed by atoms with Gasteiger partial charge in [-0.3, -0.25) is 9.59 Å². The lowest BCUT2D eigenvalue weighted by Crippen LogP contribution is -2.16. The highest BCUT2D eigenvalue weighted by Gasteiger charge is 2.19. The molecular weight excluding hydrogens is 362 g/mol. The second-order valence-electron chi connectivity index (χ2n) is 5.64. The first kappa shape index (κ1) is 16.8. The number of amides is 2. The lowest BCUT2D eigenvalue weighted by atomic mass is 10.2. The molecule has 3 N–H and O–H groups in total. The molecular formula is C19H13N5O2S. The van der Waals surface area contributed by atoms with E-state index in [2.05, 4.69) is 20.3 Å². The Kier molecular flexibility index (Phi) is 4.31. The minimum Gasteiger partial charge on any atom is -0.366 e. The van der Waals surface area contributed by atoms with Crippen LogP contribution < -0.4 is 11.1 Å². The van der Waals surface area contributed by atoms with Gasteiger partial charge in [0, 0.05) is 23.6 Å². The predicted octanol–water partition coefficient (Wildman–Crippen LogP) is 3.10. The van der Waals surface area contributed by atoms with E-state index in [-0.39, 0.29) is 5.69 Å². The first-order valence-corrected chi connectivity index (χ1v) is 8.81. The molecule has 7 nitrogen and oxygen atoms in total. The van der Waals surface area contributed by atoms with Gasteiger partial charge in [0.15, 0.2) is 5.69 Å². The zero-order chi connectivity index (χ0) is 18.8. The van der Waals surface area contributed by atoms with Crippen molar-refractivity contribution in [2.45, 2.75) is 0 Å². The third kappa shape index (κ3) is 3.38. The number of primary amides is 1. The Morgan fingerprint density at radius 2 is 1.70 bits per heavy atom. The second-order valence-corrected chi connectivity index (χ2v) is 6.67. The topological polar surface area (TPSA) is 111 Å². The van der Waals surface area contributed by atoms with Gasteiger partial charge in [-0.2, -0.15) is 0 Å². The summed E-state index contributed by atoms with van der Waals surface area (Å²) in [5.41, 5.74) is 7.55. The van der Waals surface area contributed by atoms with Crippen LogP contribution in [0.2, 0.25) is 0 Å². The summed E-state index contributed by atoms with van der Waals surface area (Å²) in [7, 11) is 0. The Morgan fingerprint density at radius 3 is 2.44 bits per heavy atom. The lowest BCUT2D eigenvalue weighted by Gasteiger charge is -2.07. The minimum absolute atomic E-state index is 0.176. The molecule has 0 aliphatic heterocycles. The quantitative estimate of drug-likeness (QED) is 0.569. The number of hydrogen-bond donors (Lipinski definition) is 2. The summed E-state index contributed by atoms with van der Waals surface area (Å²) >= 11 is 1.45. The molecule has 0 atom stereocenters. The van der Waals surface area contributed by atoms with Crippen LogP contribution in [0.4, 0.5) is 5.69 Å². The molecule has 27 heavy (non-hydrogen) atoms. The number of benzene rings is 2. The van der Waals surface area contributed by atoms with E-state index in [0.717, 1.165) is 10.2 Å². The number of nitrogens with one attached hydrogen (secondary N) is 1. The molecule has 4 aromatic rings. The molecule has 4 rings (SSSR count). The maximum atomic E-state index is 12.7. The summed E-state index contributed by atoms with van der Waals surface area (Å²) in [6.07, 6.45) is 2.99. The number of hydrogen-bond acceptors (Lipinski definition) is 6. The Morgan fingerprint density at radius 1 is 0.963 bits per heavy atom. The SMILES string of the molecule is NC(=O)c1ccc(NC(=O)c2nccnc2-c2nc3ccccc3s2)cc1. The molecule has 0 spiro atoms. The van der Waals surface area contributed by atoms with Crippen LogP contribution in [0.15, 0.2) is 60.9 Å². The van der Waals surface area contributed by atoms with E-state index >= 15 is 0 Å². The average molecular weight is 375 g/mol. The van der Waals surface area contributed by atoms with Crippen molar-refractivity contribution in [3.05, 3.63) is 72.2 Å². The van der Waals surface area contributed by atoms with Crippen LogP contribution in [0.25, 0.3) is 20.9 Å². The van der Waals surface area contributed by atoms with Gasteiger partial charge in [0.1, 0.15) is 10.7 Å². The number of aromatic nitrogens is 3. The van der Waals surface area contributed by atoms with E-state index in [0.29, 0.717) is 22.0 Å². The molecule has 2 aromatic carbocycles. The zero-order valence-electron chi connectivity index (χ0n) is 13.9. The molecule has 8 heteroatoms. The van der Waals surface area contributed by atoms with Gasteiger partial charge < -0.3 is 11.1 Å². The molecule has 0 fully saturated rings. The Labute approximate surface area is 157 Å². The minimum atomic E-state index is -0.528. The summed E-state index contributed by atoms with van der Waals surface area (Å²) < 4.78 is 1.01. The number of carbonyl (C=O) groups excluding carboxylic acids is 2. The van der Waals surface area contributed by atoms with E-state index in [1.807, 2.05) is 24.3 Å². The van der Waals surface area contributed by atoms with Crippen molar-refractivity contribution in [1.29, 1.82) is 0 Å². The fourth-order valence-corrected chi connectivity index (χ4v) is 3.51. The van der Waals surface area contributed by atoms with E-state index in [9.17, 15) is 9.59 Å². The third-order valence-corrected chi connectivity index (χ3v) is 4.88. The van der Waals surface area contributed by atoms with Crippen molar-refractivity contribution in [1.82, 2.24) is 15.0 Å². The zero-order valence-corrected chi connectivity index (χ0v) is 14.7. The van der Waals surface area contributed by atoms with Crippen molar-refractivity contribution >= 4 is 39.1 Å². The molecule has 0 saturated heterocycles. The maximum Gasteiger partial charge on any atom is 0.276 e. The Balaban J connectivity index is 1.65. The molecule has 0 unspecified atom stereocenters. The Hall–Kier alpha value is -3.65. The maximum absolute atomic E-state index is 12.7. The number of carbonyl (C=O) groups is 2. The standard InChI is InChI=1S/C19H13N5O2S/c20-17(25)11-5-7-12(8-6-11)23-18(26)15-16(22-10-9-21-15)19-24-13-3-1-2-4-14(13)27-19/h1-10H,(H2,20,25)(H,23,26). The van der Waals surface area contributed by atoms with E-state index < -0.39 is 11.8 Å². The van der Waals surface area contributed by atoms with E-state index in [1.54, 1.807) is 24.3 Å². The largest absolute Gasteiger partial charge is 0.366 e. The molecule has 2 heterocycles. The van der Waals surface area contributed by atoms with Gasteiger partial charge in [-0.1, -0.05) is 12.1 Å². The second kappa shape index (κ2) is 6.93. The van der Waals surface area contributed by atoms with Gasteiger partial charge >= 0.3 is 0 Å². The van der Waals surface area contributed by atoms with Crippen LogP contribution in [-0.2, 0) is 0 Å². The molecule has 0 bridgehead atoms. The number of rotatable bonds is 4. The van der Waals surface area contributed by atoms with Crippen LogP contribution in [0.1, 0.15) is 20.8 Å². The van der Waals surface area contributed by atoms with Crippen molar-refractivity contribution in [3.63, 3.8) is 0 Å². The first-order chi connectivity index (χ1) is 13.1. The number of nitrogens with two attached hydrogens (primary N) is 1. The van der Waals surface area contributed by atoms with Gasteiger partial charge in [0.05, 0.1) is 10.2 Å². The van der Waals surface area contributed by atoms with Crippen LogP contribution in [0, 0.1) is 0 Å². The average Bonchev–Trinajstić information content (AvgIpc) is 3.12. The predicted molar refractivity (Wildman–Crippen MR) is 104 cm³/mol. The van der Waals surface area contributed by atoms with Crippen molar-refractivity contribution in [2.24, 2.45) is 5.73 Å². The molecule has 132 valence electrons. The number of fused-ring (bicyclic) bond motifs is 1. The van der Waals surface area contributed by atoms with Crippen LogP contribution in [0.3, 0.4) is 0 Å². The van der Waals surface area contributed by atoms with E-state index in [1.165, 1.54) is 23.7 Å². The van der Waals surface area contributed by atoms with Crippen LogP contribution in [-0.4, -0.2) is 26.8 Å². The first-order valence-electron chi connectivity index (χ1n) is 8.00. The van der Waals surface area contributed by atoms with Crippen molar-refractivity contribution in [3.8, 4) is 10.7 Å². The Bertz CT molecular complexity index is 1120. The summed E-state index contributed by atoms with van der Waals surface area (Å²) in [5.74, 6) is -0.941. The van der Waals surface area contributed by atoms with Gasteiger partial charge in [0.2, 0.25) is 5.91 Å². The molecule has 2 amide bonds. The van der Waals surface area contributed by atoms with Gasteiger partial charge in [-0.05, 0) is 36.4 Å².